The molecule has 0 amide bonds. The van der Waals surface area contributed by atoms with Gasteiger partial charge in [-0.2, -0.15) is 4.39 Å². The lowest BCUT2D eigenvalue weighted by molar-refractivity contribution is -0.386. The summed E-state index contributed by atoms with van der Waals surface area (Å²) >= 11 is 0. The normalized spacial score (nSPS) is 15.6. The molecule has 1 aliphatic rings. The third-order valence-electron chi connectivity index (χ3n) is 3.15. The van der Waals surface area contributed by atoms with Crippen LogP contribution in [0.1, 0.15) is 19.3 Å². The average Bonchev–Trinajstić information content (AvgIpc) is 2.13. The van der Waals surface area contributed by atoms with E-state index in [2.05, 4.69) is 0 Å². The number of para-hydroxylation sites is 1. The monoisotopic (exact) mass is 224 g/mol. The van der Waals surface area contributed by atoms with Crippen LogP contribution in [-0.2, 0) is 0 Å². The molecule has 0 aliphatic heterocycles. The smallest absolute Gasteiger partial charge is 0.327 e. The van der Waals surface area contributed by atoms with Crippen LogP contribution in [0.25, 0.3) is 0 Å². The van der Waals surface area contributed by atoms with Gasteiger partial charge in [0.2, 0.25) is 5.82 Å². The number of benzene rings is 1. The molecule has 1 fully saturated rings. The van der Waals surface area contributed by atoms with Gasteiger partial charge < -0.3 is 4.90 Å². The fourth-order valence-corrected chi connectivity index (χ4v) is 1.94. The second kappa shape index (κ2) is 4.08. The van der Waals surface area contributed by atoms with Crippen LogP contribution in [0.15, 0.2) is 18.2 Å². The maximum atomic E-state index is 13.4. The highest BCUT2D eigenvalue weighted by atomic mass is 19.1. The van der Waals surface area contributed by atoms with Crippen LogP contribution in [0.4, 0.5) is 15.8 Å². The number of anilines is 1. The molecule has 1 saturated carbocycles. The van der Waals surface area contributed by atoms with Crippen molar-refractivity contribution in [2.45, 2.75) is 25.3 Å². The van der Waals surface area contributed by atoms with Gasteiger partial charge in [-0.25, -0.2) is 0 Å². The zero-order valence-corrected chi connectivity index (χ0v) is 9.02. The lowest BCUT2D eigenvalue weighted by Crippen LogP contribution is -2.37. The third-order valence-corrected chi connectivity index (χ3v) is 3.15. The van der Waals surface area contributed by atoms with Crippen LogP contribution in [0.2, 0.25) is 0 Å². The summed E-state index contributed by atoms with van der Waals surface area (Å²) in [5.74, 6) is -0.770. The Morgan fingerprint density at radius 3 is 2.69 bits per heavy atom. The first-order chi connectivity index (χ1) is 7.61. The van der Waals surface area contributed by atoms with E-state index in [0.29, 0.717) is 11.7 Å². The van der Waals surface area contributed by atoms with Gasteiger partial charge in [-0.15, -0.1) is 0 Å². The largest absolute Gasteiger partial charge is 0.366 e. The van der Waals surface area contributed by atoms with Crippen LogP contribution in [0.3, 0.4) is 0 Å². The van der Waals surface area contributed by atoms with Gasteiger partial charge in [-0.05, 0) is 31.4 Å². The van der Waals surface area contributed by atoms with E-state index in [4.69, 9.17) is 0 Å². The first kappa shape index (κ1) is 10.9. The van der Waals surface area contributed by atoms with Crippen molar-refractivity contribution in [1.82, 2.24) is 0 Å². The van der Waals surface area contributed by atoms with E-state index in [-0.39, 0.29) is 0 Å². The second-order valence-corrected chi connectivity index (χ2v) is 4.06. The molecule has 1 aromatic rings. The van der Waals surface area contributed by atoms with E-state index < -0.39 is 16.4 Å². The molecule has 0 radical (unpaired) electrons. The lowest BCUT2D eigenvalue weighted by Gasteiger charge is -2.35. The zero-order chi connectivity index (χ0) is 11.7. The van der Waals surface area contributed by atoms with Crippen molar-refractivity contribution in [2.75, 3.05) is 11.9 Å². The van der Waals surface area contributed by atoms with Gasteiger partial charge >= 0.3 is 5.69 Å². The van der Waals surface area contributed by atoms with Crippen molar-refractivity contribution in [3.05, 3.63) is 34.1 Å². The SMILES string of the molecule is CN(c1cccc(F)c1[N+](=O)[O-])C1CCC1. The van der Waals surface area contributed by atoms with Crippen molar-refractivity contribution in [1.29, 1.82) is 0 Å². The maximum absolute atomic E-state index is 13.4. The lowest BCUT2D eigenvalue weighted by atomic mass is 9.91. The van der Waals surface area contributed by atoms with Gasteiger partial charge in [-0.3, -0.25) is 10.1 Å². The third kappa shape index (κ3) is 1.73. The Morgan fingerprint density at radius 1 is 1.50 bits per heavy atom. The molecule has 2 rings (SSSR count). The van der Waals surface area contributed by atoms with Gasteiger partial charge in [0.25, 0.3) is 0 Å². The first-order valence-corrected chi connectivity index (χ1v) is 5.27. The molecular weight excluding hydrogens is 211 g/mol. The van der Waals surface area contributed by atoms with Gasteiger partial charge in [0.15, 0.2) is 0 Å². The highest BCUT2D eigenvalue weighted by Crippen LogP contribution is 2.35. The van der Waals surface area contributed by atoms with Crippen LogP contribution in [0, 0.1) is 15.9 Å². The van der Waals surface area contributed by atoms with E-state index in [1.807, 2.05) is 4.90 Å². The van der Waals surface area contributed by atoms with Crippen molar-refractivity contribution in [3.63, 3.8) is 0 Å². The molecule has 1 aromatic carbocycles. The predicted octanol–water partition coefficient (Wildman–Crippen LogP) is 2.72. The predicted molar refractivity (Wildman–Crippen MR) is 59.1 cm³/mol. The maximum Gasteiger partial charge on any atom is 0.327 e. The Kier molecular flexibility index (Phi) is 2.77. The molecule has 5 heteroatoms. The van der Waals surface area contributed by atoms with Crippen molar-refractivity contribution >= 4 is 11.4 Å². The summed E-state index contributed by atoms with van der Waals surface area (Å²) in [7, 11) is 1.78. The van der Waals surface area contributed by atoms with Crippen molar-refractivity contribution < 1.29 is 9.31 Å². The Balaban J connectivity index is 2.38. The summed E-state index contributed by atoms with van der Waals surface area (Å²) in [5.41, 5.74) is -0.0494. The minimum absolute atomic E-state index is 0.306. The molecular formula is C11H13FN2O2. The van der Waals surface area contributed by atoms with Crippen LogP contribution < -0.4 is 4.90 Å². The fourth-order valence-electron chi connectivity index (χ4n) is 1.94. The molecule has 0 spiro atoms. The quantitative estimate of drug-likeness (QED) is 0.585. The Bertz CT molecular complexity index is 418. The van der Waals surface area contributed by atoms with Gasteiger partial charge in [0.05, 0.1) is 4.92 Å². The summed E-state index contributed by atoms with van der Waals surface area (Å²) in [6, 6.07) is 4.53. The molecule has 0 bridgehead atoms. The van der Waals surface area contributed by atoms with Crippen molar-refractivity contribution in [3.8, 4) is 0 Å². The Hall–Kier alpha value is -1.65. The number of hydrogen-bond acceptors (Lipinski definition) is 3. The van der Waals surface area contributed by atoms with Crippen LogP contribution >= 0.6 is 0 Å². The molecule has 16 heavy (non-hydrogen) atoms. The molecule has 0 N–H and O–H groups in total. The molecule has 0 unspecified atom stereocenters. The summed E-state index contributed by atoms with van der Waals surface area (Å²) in [6.45, 7) is 0. The fraction of sp³-hybridized carbons (Fsp3) is 0.455. The highest BCUT2D eigenvalue weighted by molar-refractivity contribution is 5.64. The molecule has 86 valence electrons. The number of nitro groups is 1. The minimum atomic E-state index is -0.770. The molecule has 0 atom stereocenters. The molecule has 4 nitrogen and oxygen atoms in total. The van der Waals surface area contributed by atoms with Crippen LogP contribution in [-0.4, -0.2) is 18.0 Å². The number of rotatable bonds is 3. The van der Waals surface area contributed by atoms with E-state index in [0.717, 1.165) is 25.3 Å². The van der Waals surface area contributed by atoms with E-state index in [1.165, 1.54) is 6.07 Å². The number of halogens is 1. The van der Waals surface area contributed by atoms with E-state index >= 15 is 0 Å². The van der Waals surface area contributed by atoms with Gasteiger partial charge in [0, 0.05) is 13.1 Å². The topological polar surface area (TPSA) is 46.4 Å². The summed E-state index contributed by atoms with van der Waals surface area (Å²) in [6.07, 6.45) is 3.17. The Morgan fingerprint density at radius 2 is 2.19 bits per heavy atom. The number of hydrogen-bond donors (Lipinski definition) is 0. The van der Waals surface area contributed by atoms with Gasteiger partial charge in [0.1, 0.15) is 5.69 Å². The summed E-state index contributed by atoms with van der Waals surface area (Å²) in [4.78, 5) is 12.0. The second-order valence-electron chi connectivity index (χ2n) is 4.06. The molecule has 1 aliphatic carbocycles. The number of nitro benzene ring substituents is 1. The standard InChI is InChI=1S/C11H13FN2O2/c1-13(8-4-2-5-8)10-7-3-6-9(12)11(10)14(15)16/h3,6-8H,2,4-5H2,1H3. The summed E-state index contributed by atoms with van der Waals surface area (Å²) in [5, 5.41) is 10.8. The molecule has 0 saturated heterocycles. The van der Waals surface area contributed by atoms with Gasteiger partial charge in [-0.1, -0.05) is 6.07 Å². The Labute approximate surface area is 92.8 Å². The van der Waals surface area contributed by atoms with Crippen molar-refractivity contribution in [2.24, 2.45) is 0 Å². The zero-order valence-electron chi connectivity index (χ0n) is 9.02. The van der Waals surface area contributed by atoms with E-state index in [9.17, 15) is 14.5 Å². The van der Waals surface area contributed by atoms with E-state index in [1.54, 1.807) is 13.1 Å². The first-order valence-electron chi connectivity index (χ1n) is 5.27. The average molecular weight is 224 g/mol. The number of nitrogens with zero attached hydrogens (tertiary/aromatic N) is 2. The summed E-state index contributed by atoms with van der Waals surface area (Å²) < 4.78 is 13.4. The molecule has 0 heterocycles. The van der Waals surface area contributed by atoms with Crippen LogP contribution in [0.5, 0.6) is 0 Å². The minimum Gasteiger partial charge on any atom is -0.366 e. The molecule has 0 aromatic heterocycles. The highest BCUT2D eigenvalue weighted by Gasteiger charge is 2.29.